The Balaban J connectivity index is 1.76. The van der Waals surface area contributed by atoms with Crippen LogP contribution in [-0.2, 0) is 24.4 Å². The van der Waals surface area contributed by atoms with Gasteiger partial charge in [-0.1, -0.05) is 12.8 Å². The molecule has 0 aromatic rings. The first-order chi connectivity index (χ1) is 10.5. The summed E-state index contributed by atoms with van der Waals surface area (Å²) in [4.78, 5) is 11.4. The third-order valence-electron chi connectivity index (χ3n) is 4.43. The fourth-order valence-electron chi connectivity index (χ4n) is 2.96. The minimum atomic E-state index is -5.68. The molecule has 0 amide bonds. The molecule has 2 saturated carbocycles. The third-order valence-corrected chi connectivity index (χ3v) is 5.45. The Morgan fingerprint density at radius 2 is 1.96 bits per heavy atom. The van der Waals surface area contributed by atoms with Crippen LogP contribution in [-0.4, -0.2) is 53.7 Å². The number of alkyl halides is 2. The molecule has 3 atom stereocenters. The molecule has 7 nitrogen and oxygen atoms in total. The van der Waals surface area contributed by atoms with E-state index < -0.39 is 39.7 Å². The standard InChI is InChI=1S/C13H20F2O7S/c1-8(13(14,15)23(18,19)20)22-11(16)7-21-10-6-9(10)12(17)4-2-3-5-12/h8-10,17H,2-7H2,1H3,(H,18,19,20). The summed E-state index contributed by atoms with van der Waals surface area (Å²) in [5.41, 5.74) is -0.778. The Morgan fingerprint density at radius 1 is 1.39 bits per heavy atom. The fourth-order valence-corrected chi connectivity index (χ4v) is 3.43. The summed E-state index contributed by atoms with van der Waals surface area (Å²) in [7, 11) is -5.68. The lowest BCUT2D eigenvalue weighted by molar-refractivity contribution is -0.165. The van der Waals surface area contributed by atoms with Crippen molar-refractivity contribution in [2.45, 2.75) is 62.1 Å². The SMILES string of the molecule is CC(OC(=O)COC1CC1C1(O)CCCC1)C(F)(F)S(=O)(=O)O. The molecule has 2 fully saturated rings. The van der Waals surface area contributed by atoms with E-state index in [2.05, 4.69) is 4.74 Å². The van der Waals surface area contributed by atoms with Gasteiger partial charge in [0.15, 0.2) is 6.10 Å². The average molecular weight is 358 g/mol. The highest BCUT2D eigenvalue weighted by Gasteiger charge is 2.54. The summed E-state index contributed by atoms with van der Waals surface area (Å²) in [5.74, 6) is -1.24. The summed E-state index contributed by atoms with van der Waals surface area (Å²) >= 11 is 0. The first-order valence-electron chi connectivity index (χ1n) is 7.36. The Morgan fingerprint density at radius 3 is 2.48 bits per heavy atom. The largest absolute Gasteiger partial charge is 0.453 e. The van der Waals surface area contributed by atoms with Crippen molar-refractivity contribution in [3.8, 4) is 0 Å². The molecule has 0 bridgehead atoms. The lowest BCUT2D eigenvalue weighted by Gasteiger charge is -2.22. The summed E-state index contributed by atoms with van der Waals surface area (Å²) in [5, 5.41) is 5.73. The van der Waals surface area contributed by atoms with E-state index in [1.54, 1.807) is 0 Å². The molecule has 2 N–H and O–H groups in total. The van der Waals surface area contributed by atoms with E-state index in [0.717, 1.165) is 12.8 Å². The molecule has 3 unspecified atom stereocenters. The summed E-state index contributed by atoms with van der Waals surface area (Å²) in [6.07, 6.45) is 1.14. The Labute approximate surface area is 132 Å². The first-order valence-corrected chi connectivity index (χ1v) is 8.80. The lowest BCUT2D eigenvalue weighted by Crippen LogP contribution is -2.42. The fraction of sp³-hybridized carbons (Fsp3) is 0.923. The second-order valence-corrected chi connectivity index (χ2v) is 7.67. The normalized spacial score (nSPS) is 28.4. The second-order valence-electron chi connectivity index (χ2n) is 6.17. The Bertz CT molecular complexity index is 557. The van der Waals surface area contributed by atoms with Crippen LogP contribution in [0.3, 0.4) is 0 Å². The Kier molecular flexibility index (Phi) is 5.01. The molecular weight excluding hydrogens is 338 g/mol. The summed E-state index contributed by atoms with van der Waals surface area (Å²) < 4.78 is 65.4. The van der Waals surface area contributed by atoms with Gasteiger partial charge in [-0.25, -0.2) is 4.79 Å². The minimum Gasteiger partial charge on any atom is -0.453 e. The average Bonchev–Trinajstić information content (AvgIpc) is 3.09. The van der Waals surface area contributed by atoms with Gasteiger partial charge in [0.2, 0.25) is 0 Å². The van der Waals surface area contributed by atoms with Gasteiger partial charge >= 0.3 is 21.3 Å². The molecule has 0 aromatic carbocycles. The molecule has 0 radical (unpaired) electrons. The van der Waals surface area contributed by atoms with Crippen LogP contribution in [0, 0.1) is 5.92 Å². The topological polar surface area (TPSA) is 110 Å². The van der Waals surface area contributed by atoms with Crippen molar-refractivity contribution in [3.05, 3.63) is 0 Å². The van der Waals surface area contributed by atoms with Gasteiger partial charge in [-0.15, -0.1) is 0 Å². The maximum absolute atomic E-state index is 13.2. The highest BCUT2D eigenvalue weighted by atomic mass is 32.2. The van der Waals surface area contributed by atoms with Crippen LogP contribution in [0.25, 0.3) is 0 Å². The van der Waals surface area contributed by atoms with E-state index in [0.29, 0.717) is 26.2 Å². The van der Waals surface area contributed by atoms with Crippen LogP contribution < -0.4 is 0 Å². The zero-order valence-corrected chi connectivity index (χ0v) is 13.4. The molecule has 134 valence electrons. The molecule has 0 spiro atoms. The zero-order valence-electron chi connectivity index (χ0n) is 12.6. The van der Waals surface area contributed by atoms with E-state index in [9.17, 15) is 27.1 Å². The number of esters is 1. The van der Waals surface area contributed by atoms with Gasteiger partial charge < -0.3 is 14.6 Å². The molecule has 0 heterocycles. The van der Waals surface area contributed by atoms with E-state index in [1.807, 2.05) is 0 Å². The van der Waals surface area contributed by atoms with Crippen molar-refractivity contribution in [1.29, 1.82) is 0 Å². The number of carbonyl (C=O) groups is 1. The molecule has 0 aromatic heterocycles. The summed E-state index contributed by atoms with van der Waals surface area (Å²) in [6, 6.07) is 0. The molecule has 2 aliphatic rings. The smallest absolute Gasteiger partial charge is 0.405 e. The van der Waals surface area contributed by atoms with Gasteiger partial charge in [-0.3, -0.25) is 4.55 Å². The number of hydrogen-bond donors (Lipinski definition) is 2. The minimum absolute atomic E-state index is 0.0746. The maximum atomic E-state index is 13.2. The van der Waals surface area contributed by atoms with Crippen LogP contribution >= 0.6 is 0 Å². The van der Waals surface area contributed by atoms with Crippen molar-refractivity contribution in [2.75, 3.05) is 6.61 Å². The Hall–Kier alpha value is -0.840. The number of hydrogen-bond acceptors (Lipinski definition) is 6. The number of aliphatic hydroxyl groups is 1. The first kappa shape index (κ1) is 18.5. The van der Waals surface area contributed by atoms with E-state index >= 15 is 0 Å². The predicted molar refractivity (Wildman–Crippen MR) is 73.3 cm³/mol. The van der Waals surface area contributed by atoms with Crippen LogP contribution in [0.4, 0.5) is 8.78 Å². The molecule has 10 heteroatoms. The lowest BCUT2D eigenvalue weighted by atomic mass is 9.96. The molecule has 0 aliphatic heterocycles. The van der Waals surface area contributed by atoms with Crippen LogP contribution in [0.5, 0.6) is 0 Å². The molecular formula is C13H20F2O7S. The van der Waals surface area contributed by atoms with Gasteiger partial charge in [0, 0.05) is 5.92 Å². The molecule has 2 aliphatic carbocycles. The number of rotatable bonds is 7. The van der Waals surface area contributed by atoms with Crippen molar-refractivity contribution in [1.82, 2.24) is 0 Å². The maximum Gasteiger partial charge on any atom is 0.405 e. The highest BCUT2D eigenvalue weighted by Crippen LogP contribution is 2.49. The van der Waals surface area contributed by atoms with Crippen molar-refractivity contribution < 1.29 is 41.1 Å². The van der Waals surface area contributed by atoms with Gasteiger partial charge in [-0.2, -0.15) is 17.2 Å². The van der Waals surface area contributed by atoms with E-state index in [-0.39, 0.29) is 12.0 Å². The van der Waals surface area contributed by atoms with Crippen LogP contribution in [0.1, 0.15) is 39.0 Å². The van der Waals surface area contributed by atoms with E-state index in [4.69, 9.17) is 9.29 Å². The third kappa shape index (κ3) is 3.98. The van der Waals surface area contributed by atoms with Crippen molar-refractivity contribution in [3.63, 3.8) is 0 Å². The van der Waals surface area contributed by atoms with Gasteiger partial charge in [0.1, 0.15) is 6.61 Å². The number of carbonyl (C=O) groups excluding carboxylic acids is 1. The van der Waals surface area contributed by atoms with Gasteiger partial charge in [0.25, 0.3) is 0 Å². The predicted octanol–water partition coefficient (Wildman–Crippen LogP) is 1.11. The van der Waals surface area contributed by atoms with Gasteiger partial charge in [-0.05, 0) is 26.2 Å². The summed E-state index contributed by atoms with van der Waals surface area (Å²) in [6.45, 7) is 0.0377. The zero-order chi connectivity index (χ0) is 17.5. The van der Waals surface area contributed by atoms with Crippen molar-refractivity contribution in [2.24, 2.45) is 5.92 Å². The molecule has 23 heavy (non-hydrogen) atoms. The van der Waals surface area contributed by atoms with E-state index in [1.165, 1.54) is 0 Å². The number of halogens is 2. The molecule has 0 saturated heterocycles. The highest BCUT2D eigenvalue weighted by molar-refractivity contribution is 7.86. The quantitative estimate of drug-likeness (QED) is 0.518. The number of ether oxygens (including phenoxy) is 2. The monoisotopic (exact) mass is 358 g/mol. The molecule has 2 rings (SSSR count). The van der Waals surface area contributed by atoms with Crippen molar-refractivity contribution >= 4 is 16.1 Å². The second kappa shape index (κ2) is 6.23. The van der Waals surface area contributed by atoms with Crippen LogP contribution in [0.2, 0.25) is 0 Å². The van der Waals surface area contributed by atoms with Crippen LogP contribution in [0.15, 0.2) is 0 Å². The van der Waals surface area contributed by atoms with Gasteiger partial charge in [0.05, 0.1) is 11.7 Å².